The molecule has 10 heteroatoms. The van der Waals surface area contributed by atoms with E-state index in [-0.39, 0.29) is 12.4 Å². The van der Waals surface area contributed by atoms with E-state index in [9.17, 15) is 13.2 Å². The lowest BCUT2D eigenvalue weighted by Crippen LogP contribution is -2.36. The average molecular weight is 263 g/mol. The van der Waals surface area contributed by atoms with Crippen molar-refractivity contribution in [3.8, 4) is 0 Å². The van der Waals surface area contributed by atoms with Crippen molar-refractivity contribution in [2.45, 2.75) is 6.54 Å². The molecule has 0 bridgehead atoms. The number of nitrogens with zero attached hydrogens (tertiary/aromatic N) is 2. The number of nitrogens with two attached hydrogens (primary N) is 1. The zero-order chi connectivity index (χ0) is 13.1. The number of hydrogen-bond donors (Lipinski definition) is 3. The minimum atomic E-state index is -4.06. The van der Waals surface area contributed by atoms with Crippen LogP contribution >= 0.6 is 0 Å². The molecule has 0 atom stereocenters. The fraction of sp³-hybridized carbons (Fsp3) is 0.429. The molecule has 0 radical (unpaired) electrons. The van der Waals surface area contributed by atoms with Gasteiger partial charge in [0.2, 0.25) is 0 Å². The molecule has 0 saturated carbocycles. The number of carbonyl (C=O) groups excluding carboxylic acids is 1. The molecular formula is C7H13N5O4S. The highest BCUT2D eigenvalue weighted by molar-refractivity contribution is 7.91. The predicted molar refractivity (Wildman–Crippen MR) is 59.2 cm³/mol. The first-order chi connectivity index (χ1) is 7.89. The van der Waals surface area contributed by atoms with Crippen LogP contribution in [0, 0.1) is 0 Å². The second-order valence-electron chi connectivity index (χ2n) is 3.05. The van der Waals surface area contributed by atoms with Gasteiger partial charge in [0.05, 0.1) is 13.3 Å². The number of methoxy groups -OCH3 is 1. The van der Waals surface area contributed by atoms with Gasteiger partial charge in [-0.25, -0.2) is 14.2 Å². The molecule has 1 aromatic heterocycles. The maximum Gasteiger partial charge on any atom is 0.422 e. The Morgan fingerprint density at radius 2 is 2.29 bits per heavy atom. The summed E-state index contributed by atoms with van der Waals surface area (Å²) in [5.41, 5.74) is 5.91. The summed E-state index contributed by atoms with van der Waals surface area (Å²) in [5.74, 6) is 0.184. The molecule has 0 aliphatic heterocycles. The Hall–Kier alpha value is -1.81. The van der Waals surface area contributed by atoms with E-state index in [1.54, 1.807) is 4.72 Å². The number of nitrogens with one attached hydrogen (secondary N) is 2. The van der Waals surface area contributed by atoms with Gasteiger partial charge < -0.3 is 10.5 Å². The molecule has 9 nitrogen and oxygen atoms in total. The number of amides is 1. The zero-order valence-electron chi connectivity index (χ0n) is 9.30. The third-order valence-electron chi connectivity index (χ3n) is 1.87. The van der Waals surface area contributed by atoms with Gasteiger partial charge in [-0.1, -0.05) is 0 Å². The normalized spacial score (nSPS) is 11.0. The number of aryl methyl sites for hydroxylation is 1. The van der Waals surface area contributed by atoms with Gasteiger partial charge in [-0.15, -0.1) is 0 Å². The smallest absolute Gasteiger partial charge is 0.422 e. The third kappa shape index (κ3) is 3.32. The second-order valence-corrected chi connectivity index (χ2v) is 4.46. The van der Waals surface area contributed by atoms with Crippen LogP contribution in [-0.4, -0.2) is 31.4 Å². The quantitative estimate of drug-likeness (QED) is 0.632. The predicted octanol–water partition coefficient (Wildman–Crippen LogP) is -1.11. The Morgan fingerprint density at radius 1 is 1.65 bits per heavy atom. The fourth-order valence-corrected chi connectivity index (χ4v) is 1.94. The van der Waals surface area contributed by atoms with Crippen LogP contribution in [0.4, 0.5) is 10.6 Å². The lowest BCUT2D eigenvalue weighted by atomic mass is 10.3. The van der Waals surface area contributed by atoms with E-state index in [2.05, 4.69) is 14.6 Å². The molecule has 96 valence electrons. The molecule has 0 fully saturated rings. The number of carbonyl (C=O) groups is 1. The van der Waals surface area contributed by atoms with Gasteiger partial charge in [0.25, 0.3) is 0 Å². The van der Waals surface area contributed by atoms with Crippen molar-refractivity contribution in [2.75, 3.05) is 11.8 Å². The van der Waals surface area contributed by atoms with Gasteiger partial charge in [0, 0.05) is 19.2 Å². The van der Waals surface area contributed by atoms with Gasteiger partial charge in [0.1, 0.15) is 5.82 Å². The number of anilines is 1. The highest BCUT2D eigenvalue weighted by atomic mass is 32.2. The molecule has 1 amide bonds. The Kier molecular flexibility index (Phi) is 3.91. The van der Waals surface area contributed by atoms with Crippen LogP contribution in [-0.2, 0) is 28.5 Å². The lowest BCUT2D eigenvalue weighted by Gasteiger charge is -2.09. The maximum absolute atomic E-state index is 11.5. The average Bonchev–Trinajstić information content (AvgIpc) is 2.58. The van der Waals surface area contributed by atoms with E-state index in [4.69, 9.17) is 5.73 Å². The van der Waals surface area contributed by atoms with Gasteiger partial charge in [-0.3, -0.25) is 4.68 Å². The monoisotopic (exact) mass is 263 g/mol. The maximum atomic E-state index is 11.5. The highest BCUT2D eigenvalue weighted by Gasteiger charge is 2.18. The standard InChI is InChI=1S/C7H13N5O4S/c1-12-6(5(3-8)4-9-12)10-17(14,15)11-7(13)16-2/h4,10H,3,8H2,1-2H3,(H,11,13). The van der Waals surface area contributed by atoms with Crippen LogP contribution in [0.5, 0.6) is 0 Å². The lowest BCUT2D eigenvalue weighted by molar-refractivity contribution is 0.177. The van der Waals surface area contributed by atoms with Crippen LogP contribution in [0.1, 0.15) is 5.56 Å². The molecule has 0 aliphatic rings. The molecular weight excluding hydrogens is 250 g/mol. The Bertz CT molecular complexity index is 508. The SMILES string of the molecule is COC(=O)NS(=O)(=O)Nc1c(CN)cnn1C. The van der Waals surface area contributed by atoms with E-state index < -0.39 is 16.3 Å². The number of ether oxygens (including phenoxy) is 1. The number of rotatable bonds is 4. The summed E-state index contributed by atoms with van der Waals surface area (Å²) < 4.78 is 32.2. The van der Waals surface area contributed by atoms with Crippen LogP contribution in [0.15, 0.2) is 6.20 Å². The third-order valence-corrected chi connectivity index (χ3v) is 2.77. The molecule has 0 spiro atoms. The molecule has 1 heterocycles. The van der Waals surface area contributed by atoms with Crippen molar-refractivity contribution in [3.63, 3.8) is 0 Å². The highest BCUT2D eigenvalue weighted by Crippen LogP contribution is 2.14. The molecule has 0 saturated heterocycles. The summed E-state index contributed by atoms with van der Waals surface area (Å²) in [5, 5.41) is 3.84. The first-order valence-corrected chi connectivity index (χ1v) is 5.97. The largest absolute Gasteiger partial charge is 0.452 e. The topological polar surface area (TPSA) is 128 Å². The second kappa shape index (κ2) is 5.01. The molecule has 1 rings (SSSR count). The molecule has 0 aromatic carbocycles. The van der Waals surface area contributed by atoms with E-state index in [0.717, 1.165) is 7.11 Å². The molecule has 1 aromatic rings. The van der Waals surface area contributed by atoms with Crippen molar-refractivity contribution in [1.29, 1.82) is 0 Å². The molecule has 0 aliphatic carbocycles. The van der Waals surface area contributed by atoms with Crippen LogP contribution in [0.25, 0.3) is 0 Å². The van der Waals surface area contributed by atoms with Crippen LogP contribution < -0.4 is 15.2 Å². The minimum absolute atomic E-state index is 0.115. The van der Waals surface area contributed by atoms with Crippen molar-refractivity contribution in [2.24, 2.45) is 12.8 Å². The number of aromatic nitrogens is 2. The van der Waals surface area contributed by atoms with E-state index in [1.165, 1.54) is 17.9 Å². The Labute approximate surface area is 98.1 Å². The summed E-state index contributed by atoms with van der Waals surface area (Å²) in [4.78, 5) is 10.8. The van der Waals surface area contributed by atoms with Crippen molar-refractivity contribution >= 4 is 22.1 Å². The van der Waals surface area contributed by atoms with E-state index >= 15 is 0 Å². The summed E-state index contributed by atoms with van der Waals surface area (Å²) >= 11 is 0. The minimum Gasteiger partial charge on any atom is -0.452 e. The fourth-order valence-electron chi connectivity index (χ4n) is 1.07. The van der Waals surface area contributed by atoms with E-state index in [0.29, 0.717) is 5.56 Å². The van der Waals surface area contributed by atoms with Gasteiger partial charge in [-0.05, 0) is 0 Å². The molecule has 0 unspecified atom stereocenters. The molecule has 4 N–H and O–H groups in total. The Balaban J connectivity index is 2.90. The number of hydrogen-bond acceptors (Lipinski definition) is 6. The summed E-state index contributed by atoms with van der Waals surface area (Å²) in [6, 6.07) is 0. The van der Waals surface area contributed by atoms with Gasteiger partial charge in [0.15, 0.2) is 0 Å². The summed E-state index contributed by atoms with van der Waals surface area (Å²) in [7, 11) is -1.47. The van der Waals surface area contributed by atoms with E-state index in [1.807, 2.05) is 0 Å². The first kappa shape index (κ1) is 13.3. The van der Waals surface area contributed by atoms with Crippen LogP contribution in [0.2, 0.25) is 0 Å². The zero-order valence-corrected chi connectivity index (χ0v) is 10.1. The van der Waals surface area contributed by atoms with Crippen molar-refractivity contribution in [1.82, 2.24) is 14.5 Å². The van der Waals surface area contributed by atoms with Crippen molar-refractivity contribution < 1.29 is 17.9 Å². The Morgan fingerprint density at radius 3 is 2.82 bits per heavy atom. The first-order valence-electron chi connectivity index (χ1n) is 4.49. The van der Waals surface area contributed by atoms with Gasteiger partial charge >= 0.3 is 16.3 Å². The van der Waals surface area contributed by atoms with Crippen molar-refractivity contribution in [3.05, 3.63) is 11.8 Å². The summed E-state index contributed by atoms with van der Waals surface area (Å²) in [6.45, 7) is 0.115. The van der Waals surface area contributed by atoms with Crippen LogP contribution in [0.3, 0.4) is 0 Å². The van der Waals surface area contributed by atoms with Gasteiger partial charge in [-0.2, -0.15) is 13.5 Å². The summed E-state index contributed by atoms with van der Waals surface area (Å²) in [6.07, 6.45) is 0.338. The molecule has 17 heavy (non-hydrogen) atoms.